The van der Waals surface area contributed by atoms with E-state index in [-0.39, 0.29) is 46.8 Å². The number of rotatable bonds is 105. The predicted molar refractivity (Wildman–Crippen MR) is 629 cm³/mol. The Balaban J connectivity index is 2.69. The van der Waals surface area contributed by atoms with E-state index in [1.807, 2.05) is 25.2 Å². The first-order valence-electron chi connectivity index (χ1n) is 65.3. The molecule has 17 nitrogen and oxygen atoms in total. The molecule has 0 aromatic carbocycles. The van der Waals surface area contributed by atoms with Crippen LogP contribution >= 0.6 is 0 Å². The highest BCUT2D eigenvalue weighted by molar-refractivity contribution is 5.89. The third-order valence-electron chi connectivity index (χ3n) is 33.1. The molecule has 2 aliphatic rings. The summed E-state index contributed by atoms with van der Waals surface area (Å²) in [6, 6.07) is 0. The molecule has 0 aliphatic carbocycles. The monoisotopic (exact) mass is 2120 g/mol. The van der Waals surface area contributed by atoms with Crippen molar-refractivity contribution in [1.82, 2.24) is 0 Å². The molecule has 0 amide bonds. The van der Waals surface area contributed by atoms with Gasteiger partial charge in [0.25, 0.3) is 0 Å². The van der Waals surface area contributed by atoms with Crippen molar-refractivity contribution < 1.29 is 82.3 Å². The Kier molecular flexibility index (Phi) is 92.4. The van der Waals surface area contributed by atoms with Gasteiger partial charge >= 0.3 is 29.8 Å². The summed E-state index contributed by atoms with van der Waals surface area (Å²) in [4.78, 5) is 74.3. The zero-order valence-electron chi connectivity index (χ0n) is 101. The maximum absolute atomic E-state index is 15.1. The van der Waals surface area contributed by atoms with Crippen molar-refractivity contribution >= 4 is 29.8 Å². The largest absolute Gasteiger partial charge is 0.463 e. The number of carbonyl (C=O) groups is 5. The van der Waals surface area contributed by atoms with Gasteiger partial charge in [-0.1, -0.05) is 603 Å². The second kappa shape index (κ2) is 97.3. The molecule has 4 N–H and O–H groups in total. The van der Waals surface area contributed by atoms with Crippen LogP contribution in [-0.4, -0.2) is 131 Å². The standard InChI is InChI=1S/C133H248O17/c1-18-23-28-33-38-43-48-53-57-59-61-65-69-74-79-82-87-92-106(6)97-110(10)101-114(14)128(139)147-124-118(104-134)144-132(126(123(124)138)149-130(141)116(16)103-112(12)99-108(8)94-89-84-78-73-68-64-56-51-46-41-36-31-26-21-4)150-133-127(146-120(135)96-91-86-81-76-71-62-52-47-42-37-32-27-22-5)125(148-129(140)115(15)102-111(11)98-107(7)93-88-83-77-72-67-63-55-50-45-40-35-30-25-20-3)122(137)119(145-133)105-143-131(142)117(17)121(136)113(13)100-109(9)95-90-85-80-75-70-66-60-58-54-49-44-39-34-29-24-19-2/h101-103,106-113,117-119,121-127,132-134,136-138H,18-100,104-105H2,1-17H3/b114-101+,115-102+,116-103+/t106-,107-,108-,109-,110-,111-,112-,113-,117-,118?,119?,121-,122+,123?,124+,125?,126-,127+,132+,133+/m0/s1. The highest BCUT2D eigenvalue weighted by atomic mass is 16.8. The number of unbranched alkanes of at least 4 members (excludes halogenated alkanes) is 69. The van der Waals surface area contributed by atoms with Crippen molar-refractivity contribution in [3.05, 3.63) is 34.9 Å². The number of carbonyl (C=O) groups excluding carboxylic acids is 5. The van der Waals surface area contributed by atoms with Crippen molar-refractivity contribution in [3.63, 3.8) is 0 Å². The van der Waals surface area contributed by atoms with Gasteiger partial charge in [-0.2, -0.15) is 0 Å². The van der Waals surface area contributed by atoms with Crippen LogP contribution in [-0.2, 0) is 61.9 Å². The van der Waals surface area contributed by atoms with E-state index in [4.69, 9.17) is 37.9 Å². The van der Waals surface area contributed by atoms with Gasteiger partial charge in [-0.3, -0.25) is 9.59 Å². The molecule has 4 unspecified atom stereocenters. The minimum absolute atomic E-state index is 0.0115. The first kappa shape index (κ1) is 142. The van der Waals surface area contributed by atoms with E-state index in [1.54, 1.807) is 27.7 Å². The summed E-state index contributed by atoms with van der Waals surface area (Å²) in [7, 11) is 0. The lowest BCUT2D eigenvalue weighted by molar-refractivity contribution is -0.377. The molecule has 20 atom stereocenters. The number of allylic oxidation sites excluding steroid dienone is 3. The van der Waals surface area contributed by atoms with Crippen molar-refractivity contribution in [2.45, 2.75) is 718 Å². The molecule has 2 saturated heterocycles. The molecule has 0 radical (unpaired) electrons. The van der Waals surface area contributed by atoms with Crippen molar-refractivity contribution in [2.75, 3.05) is 13.2 Å². The van der Waals surface area contributed by atoms with Crippen molar-refractivity contribution in [1.29, 1.82) is 0 Å². The molecule has 2 rings (SSSR count). The fourth-order valence-electron chi connectivity index (χ4n) is 23.5. The summed E-state index contributed by atoms with van der Waals surface area (Å²) < 4.78 is 52.2. The molecule has 2 aliphatic heterocycles. The molecule has 0 bridgehead atoms. The molecule has 0 aromatic heterocycles. The van der Waals surface area contributed by atoms with Crippen LogP contribution < -0.4 is 0 Å². The molecule has 2 fully saturated rings. The fraction of sp³-hybridized carbons (Fsp3) is 0.917. The molecule has 2 heterocycles. The number of ether oxygens (including phenoxy) is 8. The lowest BCUT2D eigenvalue weighted by Gasteiger charge is -2.47. The first-order chi connectivity index (χ1) is 72.7. The summed E-state index contributed by atoms with van der Waals surface area (Å²) in [5.41, 5.74) is 0.768. The molecule has 0 aromatic rings. The van der Waals surface area contributed by atoms with Gasteiger partial charge in [-0.15, -0.1) is 0 Å². The Hall–Kier alpha value is -3.71. The van der Waals surface area contributed by atoms with Crippen LogP contribution in [0.5, 0.6) is 0 Å². The van der Waals surface area contributed by atoms with Gasteiger partial charge in [-0.05, 0) is 107 Å². The second-order valence-electron chi connectivity index (χ2n) is 49.0. The van der Waals surface area contributed by atoms with Gasteiger partial charge in [-0.25, -0.2) is 14.4 Å². The summed E-state index contributed by atoms with van der Waals surface area (Å²) in [5, 5.41) is 49.6. The molecular formula is C133H248O17. The van der Waals surface area contributed by atoms with E-state index >= 15 is 9.59 Å². The third-order valence-corrected chi connectivity index (χ3v) is 33.1. The average molecular weight is 2120 g/mol. The quantitative estimate of drug-likeness (QED) is 0.0192. The average Bonchev–Trinajstić information content (AvgIpc) is 0.768. The van der Waals surface area contributed by atoms with Crippen LogP contribution in [0, 0.1) is 53.3 Å². The van der Waals surface area contributed by atoms with E-state index in [0.717, 1.165) is 109 Å². The Morgan fingerprint density at radius 2 is 0.513 bits per heavy atom. The highest BCUT2D eigenvalue weighted by Crippen LogP contribution is 2.38. The van der Waals surface area contributed by atoms with Crippen LogP contribution in [0.3, 0.4) is 0 Å². The van der Waals surface area contributed by atoms with Crippen molar-refractivity contribution in [2.24, 2.45) is 53.3 Å². The van der Waals surface area contributed by atoms with E-state index in [0.29, 0.717) is 36.5 Å². The lowest BCUT2D eigenvalue weighted by Crippen LogP contribution is -2.66. The maximum atomic E-state index is 15.1. The van der Waals surface area contributed by atoms with Crippen LogP contribution in [0.15, 0.2) is 34.9 Å². The number of aliphatic hydroxyl groups excluding tert-OH is 4. The van der Waals surface area contributed by atoms with Gasteiger partial charge in [0.2, 0.25) is 12.6 Å². The Morgan fingerprint density at radius 1 is 0.280 bits per heavy atom. The van der Waals surface area contributed by atoms with Crippen molar-refractivity contribution in [3.8, 4) is 0 Å². The lowest BCUT2D eigenvalue weighted by atomic mass is 9.85. The summed E-state index contributed by atoms with van der Waals surface area (Å²) in [6.45, 7) is 33.7. The van der Waals surface area contributed by atoms with Gasteiger partial charge < -0.3 is 58.3 Å². The highest BCUT2D eigenvalue weighted by Gasteiger charge is 2.56. The second-order valence-corrected chi connectivity index (χ2v) is 49.0. The summed E-state index contributed by atoms with van der Waals surface area (Å²) in [6.07, 6.45) is 87.9. The van der Waals surface area contributed by atoms with Gasteiger partial charge in [0.15, 0.2) is 24.4 Å². The summed E-state index contributed by atoms with van der Waals surface area (Å²) >= 11 is 0. The third kappa shape index (κ3) is 74.6. The number of hydrogen-bond acceptors (Lipinski definition) is 17. The van der Waals surface area contributed by atoms with E-state index in [1.165, 1.54) is 405 Å². The summed E-state index contributed by atoms with van der Waals surface area (Å²) in [5.74, 6) is -3.89. The molecule has 0 spiro atoms. The predicted octanol–water partition coefficient (Wildman–Crippen LogP) is 37.8. The van der Waals surface area contributed by atoms with E-state index < -0.39 is 116 Å². The SMILES string of the molecule is CCCCCCCCCCCCCCCCCCC[C@H](C)C[C@H](C)/C=C(\C)C(=O)O[C@@H]1C(CO)O[C@H](O[C@H]2OC(COC(=O)[C@@H](C)[C@@H](O)[C@@H](C)C[C@@H](C)CCCCCCCCCCCCCCCCCC)[C@@H](O)C(OC(=O)/C(C)=C/[C@@H](C)C[C@@H](C)CCCCCCCCCCCCCCCC)[C@H]2OC(=O)CCCCCCCCCCCCCCC)[C@@H](OC(=O)/C(C)=C/[C@@H](C)C[C@@H](C)CCCCCCCCCCCCCCCC)C1O. The topological polar surface area (TPSA) is 240 Å². The molecule has 150 heavy (non-hydrogen) atoms. The molecular weight excluding hydrogens is 1870 g/mol. The first-order valence-corrected chi connectivity index (χ1v) is 65.3. The number of aliphatic hydroxyl groups is 4. The zero-order chi connectivity index (χ0) is 110. The van der Waals surface area contributed by atoms with E-state index in [2.05, 4.69) is 83.1 Å². The van der Waals surface area contributed by atoms with Crippen LogP contribution in [0.4, 0.5) is 0 Å². The normalized spacial score (nSPS) is 20.4. The van der Waals surface area contributed by atoms with Gasteiger partial charge in [0, 0.05) is 23.1 Å². The zero-order valence-corrected chi connectivity index (χ0v) is 101. The van der Waals surface area contributed by atoms with Gasteiger partial charge in [0.05, 0.1) is 18.6 Å². The van der Waals surface area contributed by atoms with Crippen LogP contribution in [0.2, 0.25) is 0 Å². The molecule has 17 heteroatoms. The number of hydrogen-bond donors (Lipinski definition) is 4. The smallest absolute Gasteiger partial charge is 0.333 e. The fourth-order valence-corrected chi connectivity index (χ4v) is 23.5. The maximum Gasteiger partial charge on any atom is 0.333 e. The molecule has 882 valence electrons. The van der Waals surface area contributed by atoms with Gasteiger partial charge in [0.1, 0.15) is 31.0 Å². The van der Waals surface area contributed by atoms with Crippen LogP contribution in [0.1, 0.15) is 651 Å². The minimum Gasteiger partial charge on any atom is -0.463 e. The number of esters is 5. The Bertz CT molecular complexity index is 3220. The van der Waals surface area contributed by atoms with E-state index in [9.17, 15) is 34.8 Å². The minimum atomic E-state index is -1.94. The Labute approximate surface area is 926 Å². The van der Waals surface area contributed by atoms with Crippen LogP contribution in [0.25, 0.3) is 0 Å². The molecule has 0 saturated carbocycles. The Morgan fingerprint density at radius 3 is 0.787 bits per heavy atom.